The van der Waals surface area contributed by atoms with Crippen LogP contribution in [-0.4, -0.2) is 30.9 Å². The van der Waals surface area contributed by atoms with Gasteiger partial charge in [0.2, 0.25) is 0 Å². The molecule has 1 N–H and O–H groups in total. The van der Waals surface area contributed by atoms with Crippen molar-refractivity contribution in [1.82, 2.24) is 0 Å². The van der Waals surface area contributed by atoms with Gasteiger partial charge in [0.05, 0.1) is 18.6 Å². The summed E-state index contributed by atoms with van der Waals surface area (Å²) >= 11 is 0. The van der Waals surface area contributed by atoms with Gasteiger partial charge in [-0.2, -0.15) is 0 Å². The minimum atomic E-state index is -0.813. The lowest BCUT2D eigenvalue weighted by Gasteiger charge is -2.27. The molecule has 2 unspecified atom stereocenters. The lowest BCUT2D eigenvalue weighted by molar-refractivity contribution is -0.151. The number of hydrogen-bond donors (Lipinski definition) is 1. The number of ether oxygens (including phenoxy) is 2. The third-order valence-electron chi connectivity index (χ3n) is 3.77. The lowest BCUT2D eigenvalue weighted by Crippen LogP contribution is -2.39. The molecule has 2 atom stereocenters. The molecule has 1 aromatic carbocycles. The number of benzene rings is 1. The maximum Gasteiger partial charge on any atom is 0.312 e. The molecular weight excluding hydrogens is 232 g/mol. The van der Waals surface area contributed by atoms with E-state index in [0.717, 1.165) is 11.3 Å². The molecule has 0 bridgehead atoms. The highest BCUT2D eigenvalue weighted by Crippen LogP contribution is 2.39. The molecule has 0 saturated carbocycles. The van der Waals surface area contributed by atoms with Crippen molar-refractivity contribution in [3.05, 3.63) is 29.8 Å². The minimum Gasteiger partial charge on any atom is -0.497 e. The van der Waals surface area contributed by atoms with Gasteiger partial charge in [-0.25, -0.2) is 0 Å². The summed E-state index contributed by atoms with van der Waals surface area (Å²) < 4.78 is 10.6. The van der Waals surface area contributed by atoms with Gasteiger partial charge in [0.15, 0.2) is 0 Å². The van der Waals surface area contributed by atoms with Crippen LogP contribution in [0, 0.1) is 5.41 Å². The van der Waals surface area contributed by atoms with Crippen molar-refractivity contribution in [3.63, 3.8) is 0 Å². The molecule has 4 heteroatoms. The summed E-state index contributed by atoms with van der Waals surface area (Å²) in [4.78, 5) is 11.6. The van der Waals surface area contributed by atoms with E-state index in [1.165, 1.54) is 0 Å². The maximum atomic E-state index is 11.6. The van der Waals surface area contributed by atoms with E-state index in [1.807, 2.05) is 31.2 Å². The number of carboxylic acid groups (broad SMARTS) is 1. The Morgan fingerprint density at radius 3 is 2.94 bits per heavy atom. The van der Waals surface area contributed by atoms with Crippen molar-refractivity contribution in [2.24, 2.45) is 5.41 Å². The third-order valence-corrected chi connectivity index (χ3v) is 3.77. The monoisotopic (exact) mass is 250 g/mol. The standard InChI is InChI=1S/C14H18O4/c1-10-14(13(15)16,6-7-18-10)9-11-4-3-5-12(8-11)17-2/h3-5,8,10H,6-7,9H2,1-2H3,(H,15,16). The highest BCUT2D eigenvalue weighted by molar-refractivity contribution is 5.76. The van der Waals surface area contributed by atoms with E-state index >= 15 is 0 Å². The average molecular weight is 250 g/mol. The number of hydrogen-bond acceptors (Lipinski definition) is 3. The number of rotatable bonds is 4. The first-order chi connectivity index (χ1) is 8.58. The topological polar surface area (TPSA) is 55.8 Å². The zero-order valence-electron chi connectivity index (χ0n) is 10.7. The van der Waals surface area contributed by atoms with Gasteiger partial charge < -0.3 is 14.6 Å². The molecule has 1 aliphatic heterocycles. The molecular formula is C14H18O4. The first-order valence-corrected chi connectivity index (χ1v) is 6.06. The molecule has 2 rings (SSSR count). The van der Waals surface area contributed by atoms with Gasteiger partial charge in [0, 0.05) is 6.61 Å². The second-order valence-electron chi connectivity index (χ2n) is 4.75. The van der Waals surface area contributed by atoms with Gasteiger partial charge in [-0.3, -0.25) is 4.79 Å². The van der Waals surface area contributed by atoms with Gasteiger partial charge in [0.25, 0.3) is 0 Å². The molecule has 1 fully saturated rings. The summed E-state index contributed by atoms with van der Waals surface area (Å²) in [5.41, 5.74) is 0.154. The van der Waals surface area contributed by atoms with Gasteiger partial charge in [-0.1, -0.05) is 12.1 Å². The van der Waals surface area contributed by atoms with Gasteiger partial charge in [-0.05, 0) is 37.5 Å². The van der Waals surface area contributed by atoms with E-state index in [0.29, 0.717) is 19.4 Å². The molecule has 0 spiro atoms. The van der Waals surface area contributed by atoms with E-state index < -0.39 is 11.4 Å². The van der Waals surface area contributed by atoms with Crippen LogP contribution in [0.25, 0.3) is 0 Å². The van der Waals surface area contributed by atoms with E-state index in [1.54, 1.807) is 7.11 Å². The van der Waals surface area contributed by atoms with Gasteiger partial charge >= 0.3 is 5.97 Å². The highest BCUT2D eigenvalue weighted by atomic mass is 16.5. The minimum absolute atomic E-state index is 0.263. The van der Waals surface area contributed by atoms with Crippen molar-refractivity contribution in [3.8, 4) is 5.75 Å². The number of carbonyl (C=O) groups is 1. The fraction of sp³-hybridized carbons (Fsp3) is 0.500. The molecule has 1 aromatic rings. The quantitative estimate of drug-likeness (QED) is 0.889. The Kier molecular flexibility index (Phi) is 3.57. The highest BCUT2D eigenvalue weighted by Gasteiger charge is 2.48. The SMILES string of the molecule is COc1cccc(CC2(C(=O)O)CCOC2C)c1. The molecule has 18 heavy (non-hydrogen) atoms. The molecule has 0 aromatic heterocycles. The van der Waals surface area contributed by atoms with E-state index in [-0.39, 0.29) is 6.10 Å². The third kappa shape index (κ3) is 2.20. The Balaban J connectivity index is 2.26. The Morgan fingerprint density at radius 2 is 2.39 bits per heavy atom. The second-order valence-corrected chi connectivity index (χ2v) is 4.75. The van der Waals surface area contributed by atoms with Crippen molar-refractivity contribution < 1.29 is 19.4 Å². The first-order valence-electron chi connectivity index (χ1n) is 6.06. The smallest absolute Gasteiger partial charge is 0.312 e. The molecule has 0 amide bonds. The van der Waals surface area contributed by atoms with E-state index in [2.05, 4.69) is 0 Å². The molecule has 1 saturated heterocycles. The fourth-order valence-corrected chi connectivity index (χ4v) is 2.52. The van der Waals surface area contributed by atoms with Crippen LogP contribution >= 0.6 is 0 Å². The zero-order valence-corrected chi connectivity index (χ0v) is 10.7. The largest absolute Gasteiger partial charge is 0.497 e. The van der Waals surface area contributed by atoms with Crippen molar-refractivity contribution in [1.29, 1.82) is 0 Å². The van der Waals surface area contributed by atoms with Crippen molar-refractivity contribution in [2.75, 3.05) is 13.7 Å². The zero-order chi connectivity index (χ0) is 13.2. The van der Waals surface area contributed by atoms with Crippen LogP contribution in [0.2, 0.25) is 0 Å². The fourth-order valence-electron chi connectivity index (χ4n) is 2.52. The summed E-state index contributed by atoms with van der Waals surface area (Å²) in [7, 11) is 1.60. The molecule has 4 nitrogen and oxygen atoms in total. The second kappa shape index (κ2) is 4.98. The average Bonchev–Trinajstić information content (AvgIpc) is 2.72. The Hall–Kier alpha value is -1.55. The van der Waals surface area contributed by atoms with Crippen LogP contribution in [0.15, 0.2) is 24.3 Å². The Morgan fingerprint density at radius 1 is 1.61 bits per heavy atom. The molecule has 98 valence electrons. The summed E-state index contributed by atoms with van der Waals surface area (Å²) in [5.74, 6) is -0.0325. The Bertz CT molecular complexity index is 443. The summed E-state index contributed by atoms with van der Waals surface area (Å²) in [6, 6.07) is 7.55. The van der Waals surface area contributed by atoms with Crippen LogP contribution in [-0.2, 0) is 16.0 Å². The van der Waals surface area contributed by atoms with Crippen molar-refractivity contribution in [2.45, 2.75) is 25.9 Å². The van der Waals surface area contributed by atoms with Crippen LogP contribution in [0.3, 0.4) is 0 Å². The van der Waals surface area contributed by atoms with Crippen LogP contribution < -0.4 is 4.74 Å². The predicted octanol–water partition coefficient (Wildman–Crippen LogP) is 2.12. The predicted molar refractivity (Wildman–Crippen MR) is 66.8 cm³/mol. The van der Waals surface area contributed by atoms with Gasteiger partial charge in [0.1, 0.15) is 5.75 Å². The molecule has 1 heterocycles. The maximum absolute atomic E-state index is 11.6. The van der Waals surface area contributed by atoms with E-state index in [4.69, 9.17) is 9.47 Å². The normalized spacial score (nSPS) is 27.1. The van der Waals surface area contributed by atoms with Crippen LogP contribution in [0.1, 0.15) is 18.9 Å². The molecule has 0 aliphatic carbocycles. The Labute approximate surface area is 107 Å². The summed E-state index contributed by atoms with van der Waals surface area (Å²) in [5, 5.41) is 9.51. The first kappa shape index (κ1) is 12.9. The summed E-state index contributed by atoms with van der Waals surface area (Å²) in [6.45, 7) is 2.35. The van der Waals surface area contributed by atoms with Gasteiger partial charge in [-0.15, -0.1) is 0 Å². The lowest BCUT2D eigenvalue weighted by atomic mass is 9.76. The number of aliphatic carboxylic acids is 1. The molecule has 1 aliphatic rings. The summed E-state index contributed by atoms with van der Waals surface area (Å²) in [6.07, 6.45) is 0.766. The number of carboxylic acids is 1. The van der Waals surface area contributed by atoms with Crippen LogP contribution in [0.5, 0.6) is 5.75 Å². The van der Waals surface area contributed by atoms with E-state index in [9.17, 15) is 9.90 Å². The number of methoxy groups -OCH3 is 1. The molecule has 0 radical (unpaired) electrons. The van der Waals surface area contributed by atoms with Crippen molar-refractivity contribution >= 4 is 5.97 Å². The van der Waals surface area contributed by atoms with Crippen LogP contribution in [0.4, 0.5) is 0 Å².